The second-order valence-electron chi connectivity index (χ2n) is 6.13. The minimum absolute atomic E-state index is 0.0175. The van der Waals surface area contributed by atoms with Gasteiger partial charge in [-0.3, -0.25) is 4.55 Å². The Morgan fingerprint density at radius 1 is 0.933 bits per heavy atom. The fourth-order valence-corrected chi connectivity index (χ4v) is 3.98. The molecule has 0 heterocycles. The Morgan fingerprint density at radius 3 is 2.03 bits per heavy atom. The fourth-order valence-electron chi connectivity index (χ4n) is 2.41. The molecule has 0 fully saturated rings. The first kappa shape index (κ1) is 23.3. The smallest absolute Gasteiger partial charge is 0.407 e. The maximum atomic E-state index is 12.2. The predicted molar refractivity (Wildman–Crippen MR) is 104 cm³/mol. The Kier molecular flexibility index (Phi) is 7.54. The number of hydrogen-bond acceptors (Lipinski definition) is 7. The van der Waals surface area contributed by atoms with Crippen LogP contribution in [0.1, 0.15) is 5.56 Å². The second-order valence-corrected chi connectivity index (χ2v) is 9.66. The summed E-state index contributed by atoms with van der Waals surface area (Å²) in [4.78, 5) is 22.5. The van der Waals surface area contributed by atoms with Crippen molar-refractivity contribution in [1.82, 2.24) is 5.32 Å². The number of benzene rings is 2. The predicted octanol–water partition coefficient (Wildman–Crippen LogP) is 1.13. The summed E-state index contributed by atoms with van der Waals surface area (Å²) in [5.41, 5.74) is 0.682. The molecule has 1 amide bonds. The Hall–Kier alpha value is -2.96. The molecule has 2 rings (SSSR count). The van der Waals surface area contributed by atoms with E-state index >= 15 is 0 Å². The van der Waals surface area contributed by atoms with Gasteiger partial charge in [0, 0.05) is 6.42 Å². The number of aliphatic carboxylic acids is 1. The van der Waals surface area contributed by atoms with E-state index in [0.29, 0.717) is 5.56 Å². The van der Waals surface area contributed by atoms with Gasteiger partial charge in [0.25, 0.3) is 10.1 Å². The van der Waals surface area contributed by atoms with Gasteiger partial charge >= 0.3 is 12.1 Å². The average molecular weight is 457 g/mol. The lowest BCUT2D eigenvalue weighted by Crippen LogP contribution is -2.42. The van der Waals surface area contributed by atoms with Crippen LogP contribution in [-0.2, 0) is 35.9 Å². The molecule has 0 aliphatic heterocycles. The van der Waals surface area contributed by atoms with Crippen LogP contribution in [-0.4, -0.2) is 57.0 Å². The molecule has 10 nitrogen and oxygen atoms in total. The van der Waals surface area contributed by atoms with Crippen LogP contribution in [0.15, 0.2) is 64.4 Å². The summed E-state index contributed by atoms with van der Waals surface area (Å²) in [5.74, 6) is -1.88. The lowest BCUT2D eigenvalue weighted by atomic mass is 10.1. The molecule has 0 unspecified atom stereocenters. The number of nitrogens with one attached hydrogen (secondary N) is 1. The molecule has 1 atom stereocenters. The van der Waals surface area contributed by atoms with Crippen LogP contribution >= 0.6 is 0 Å². The maximum absolute atomic E-state index is 12.2. The number of ether oxygens (including phenoxy) is 1. The van der Waals surface area contributed by atoms with Crippen molar-refractivity contribution in [2.75, 3.05) is 12.4 Å². The van der Waals surface area contributed by atoms with Crippen molar-refractivity contribution >= 4 is 32.0 Å². The van der Waals surface area contributed by atoms with Crippen LogP contribution in [0.2, 0.25) is 0 Å². The highest BCUT2D eigenvalue weighted by Crippen LogP contribution is 2.15. The number of alkyl carbamates (subject to hydrolysis) is 1. The van der Waals surface area contributed by atoms with Gasteiger partial charge < -0.3 is 15.2 Å². The first-order valence-corrected chi connectivity index (χ1v) is 11.6. The molecule has 30 heavy (non-hydrogen) atoms. The number of sulfone groups is 1. The van der Waals surface area contributed by atoms with Crippen molar-refractivity contribution in [3.63, 3.8) is 0 Å². The lowest BCUT2D eigenvalue weighted by molar-refractivity contribution is -0.139. The zero-order valence-corrected chi connectivity index (χ0v) is 17.1. The van der Waals surface area contributed by atoms with E-state index in [1.54, 1.807) is 30.3 Å². The van der Waals surface area contributed by atoms with Gasteiger partial charge in [0.05, 0.1) is 15.5 Å². The average Bonchev–Trinajstić information content (AvgIpc) is 2.67. The molecule has 0 saturated carbocycles. The van der Waals surface area contributed by atoms with Crippen molar-refractivity contribution in [1.29, 1.82) is 0 Å². The van der Waals surface area contributed by atoms with Crippen LogP contribution in [0.5, 0.6) is 0 Å². The number of carboxylic acids is 1. The van der Waals surface area contributed by atoms with Crippen molar-refractivity contribution in [2.24, 2.45) is 0 Å². The minimum Gasteiger partial charge on any atom is -0.480 e. The van der Waals surface area contributed by atoms with Crippen LogP contribution in [0.25, 0.3) is 0 Å². The molecule has 0 bridgehead atoms. The van der Waals surface area contributed by atoms with Crippen molar-refractivity contribution in [3.8, 4) is 0 Å². The van der Waals surface area contributed by atoms with Crippen molar-refractivity contribution < 1.29 is 40.8 Å². The highest BCUT2D eigenvalue weighted by Gasteiger charge is 2.22. The number of rotatable bonds is 9. The Morgan fingerprint density at radius 2 is 1.50 bits per heavy atom. The first-order chi connectivity index (χ1) is 14.0. The maximum Gasteiger partial charge on any atom is 0.407 e. The summed E-state index contributed by atoms with van der Waals surface area (Å²) in [6, 6.07) is 11.2. The van der Waals surface area contributed by atoms with E-state index in [2.05, 4.69) is 5.32 Å². The molecule has 2 aromatic rings. The standard InChI is InChI=1S/C18H19NO9S2/c20-17(21)16(12-13-4-2-1-3-5-13)19-18(22)28-10-11-29(23,24)14-6-8-15(9-7-14)30(25,26)27/h1-9,16H,10-12H2,(H,19,22)(H,20,21)(H,25,26,27)/t16-/m0/s1. The molecule has 0 aliphatic carbocycles. The molecule has 0 saturated heterocycles. The lowest BCUT2D eigenvalue weighted by Gasteiger charge is -2.14. The topological polar surface area (TPSA) is 164 Å². The van der Waals surface area contributed by atoms with Crippen LogP contribution in [0, 0.1) is 0 Å². The first-order valence-electron chi connectivity index (χ1n) is 8.49. The third kappa shape index (κ3) is 6.83. The van der Waals surface area contributed by atoms with E-state index in [-0.39, 0.29) is 11.3 Å². The summed E-state index contributed by atoms with van der Waals surface area (Å²) >= 11 is 0. The van der Waals surface area contributed by atoms with Gasteiger partial charge in [-0.25, -0.2) is 18.0 Å². The summed E-state index contributed by atoms with van der Waals surface area (Å²) in [6.07, 6.45) is -1.07. The van der Waals surface area contributed by atoms with E-state index in [9.17, 15) is 31.5 Å². The zero-order chi connectivity index (χ0) is 22.4. The van der Waals surface area contributed by atoms with Crippen LogP contribution < -0.4 is 5.32 Å². The summed E-state index contributed by atoms with van der Waals surface area (Å²) in [7, 11) is -8.36. The Balaban J connectivity index is 1.91. The molecular weight excluding hydrogens is 438 g/mol. The number of amides is 1. The molecule has 2 aromatic carbocycles. The Bertz CT molecular complexity index is 1100. The Labute approximate surface area is 173 Å². The van der Waals surface area contributed by atoms with E-state index in [1.165, 1.54) is 0 Å². The van der Waals surface area contributed by atoms with Gasteiger partial charge in [-0.15, -0.1) is 0 Å². The normalized spacial score (nSPS) is 12.7. The molecule has 0 aromatic heterocycles. The third-order valence-corrected chi connectivity index (χ3v) is 6.50. The SMILES string of the molecule is O=C(N[C@@H](Cc1ccccc1)C(=O)O)OCCS(=O)(=O)c1ccc(S(=O)(=O)O)cc1. The zero-order valence-electron chi connectivity index (χ0n) is 15.5. The van der Waals surface area contributed by atoms with Gasteiger partial charge in [-0.05, 0) is 29.8 Å². The van der Waals surface area contributed by atoms with Crippen molar-refractivity contribution in [3.05, 3.63) is 60.2 Å². The minimum atomic E-state index is -4.45. The molecule has 162 valence electrons. The highest BCUT2D eigenvalue weighted by atomic mass is 32.2. The van der Waals surface area contributed by atoms with E-state index in [0.717, 1.165) is 24.3 Å². The van der Waals surface area contributed by atoms with Gasteiger partial charge in [-0.1, -0.05) is 30.3 Å². The molecule has 12 heteroatoms. The number of carbonyl (C=O) groups excluding carboxylic acids is 1. The summed E-state index contributed by atoms with van der Waals surface area (Å²) in [5, 5.41) is 11.4. The molecule has 3 N–H and O–H groups in total. The highest BCUT2D eigenvalue weighted by molar-refractivity contribution is 7.91. The molecular formula is C18H19NO9S2. The van der Waals surface area contributed by atoms with Gasteiger partial charge in [0.1, 0.15) is 12.6 Å². The quantitative estimate of drug-likeness (QED) is 0.468. The second kappa shape index (κ2) is 9.69. The number of carboxylic acid groups (broad SMARTS) is 1. The van der Waals surface area contributed by atoms with Gasteiger partial charge in [0.15, 0.2) is 9.84 Å². The van der Waals surface area contributed by atoms with Gasteiger partial charge in [-0.2, -0.15) is 8.42 Å². The molecule has 0 spiro atoms. The number of hydrogen-bond donors (Lipinski definition) is 3. The fraction of sp³-hybridized carbons (Fsp3) is 0.222. The summed E-state index contributed by atoms with van der Waals surface area (Å²) in [6.45, 7) is -0.550. The van der Waals surface area contributed by atoms with E-state index < -0.39 is 55.3 Å². The number of carbonyl (C=O) groups is 2. The molecule has 0 radical (unpaired) electrons. The summed E-state index contributed by atoms with van der Waals surface area (Å²) < 4.78 is 60.1. The molecule has 0 aliphatic rings. The van der Waals surface area contributed by atoms with E-state index in [4.69, 9.17) is 9.29 Å². The van der Waals surface area contributed by atoms with Crippen LogP contribution in [0.3, 0.4) is 0 Å². The largest absolute Gasteiger partial charge is 0.480 e. The van der Waals surface area contributed by atoms with Crippen molar-refractivity contribution in [2.45, 2.75) is 22.3 Å². The monoisotopic (exact) mass is 457 g/mol. The van der Waals surface area contributed by atoms with Crippen LogP contribution in [0.4, 0.5) is 4.79 Å². The van der Waals surface area contributed by atoms with Gasteiger partial charge in [0.2, 0.25) is 0 Å². The van der Waals surface area contributed by atoms with E-state index in [1.807, 2.05) is 0 Å². The third-order valence-electron chi connectivity index (χ3n) is 3.94.